The van der Waals surface area contributed by atoms with E-state index in [-0.39, 0.29) is 10.8 Å². The molecule has 0 aromatic carbocycles. The molecule has 6 atom stereocenters. The summed E-state index contributed by atoms with van der Waals surface area (Å²) >= 11 is 0. The van der Waals surface area contributed by atoms with E-state index in [0.29, 0.717) is 28.4 Å². The number of hydrogen-bond acceptors (Lipinski definition) is 1. The summed E-state index contributed by atoms with van der Waals surface area (Å²) in [7, 11) is 0. The van der Waals surface area contributed by atoms with Gasteiger partial charge in [-0.3, -0.25) is 4.79 Å². The molecule has 0 radical (unpaired) electrons. The topological polar surface area (TPSA) is 17.1 Å². The van der Waals surface area contributed by atoms with Gasteiger partial charge in [-0.1, -0.05) is 78.2 Å². The molecule has 33 heavy (non-hydrogen) atoms. The van der Waals surface area contributed by atoms with Crippen LogP contribution < -0.4 is 0 Å². The fourth-order valence-electron chi connectivity index (χ4n) is 9.80. The molecule has 4 aliphatic carbocycles. The first-order valence-electron chi connectivity index (χ1n) is 14.2. The number of hydrogen-bond donors (Lipinski definition) is 0. The lowest BCUT2D eigenvalue weighted by Crippen LogP contribution is -2.53. The predicted molar refractivity (Wildman–Crippen MR) is 141 cm³/mol. The zero-order chi connectivity index (χ0) is 24.4. The monoisotopic (exact) mass is 452 g/mol. The van der Waals surface area contributed by atoms with Crippen LogP contribution in [0.25, 0.3) is 0 Å². The van der Waals surface area contributed by atoms with E-state index in [0.717, 1.165) is 24.7 Å². The number of fused-ring (bicyclic) bond motifs is 4. The van der Waals surface area contributed by atoms with Crippen molar-refractivity contribution < 1.29 is 4.79 Å². The van der Waals surface area contributed by atoms with Crippen LogP contribution >= 0.6 is 0 Å². The van der Waals surface area contributed by atoms with Crippen molar-refractivity contribution in [3.63, 3.8) is 0 Å². The Labute approximate surface area is 205 Å². The fraction of sp³-hybridized carbons (Fsp3) is 0.844. The van der Waals surface area contributed by atoms with Gasteiger partial charge in [-0.25, -0.2) is 0 Å². The molecule has 4 aliphatic rings. The molecule has 0 aliphatic heterocycles. The first kappa shape index (κ1) is 25.2. The Morgan fingerprint density at radius 1 is 0.939 bits per heavy atom. The van der Waals surface area contributed by atoms with Crippen LogP contribution in [0.3, 0.4) is 0 Å². The minimum absolute atomic E-state index is 0.152. The standard InChI is InChI=1S/C32H52O/c1-10-23(21(2)3)12-11-22(4)24-15-19-32(9)26-13-14-27-29(5,6)28(33)17-18-30(27,7)25(26)16-20-31(24,32)8/h10,21-22,24,27H,11-20H2,1-9H3. The van der Waals surface area contributed by atoms with Crippen molar-refractivity contribution in [3.05, 3.63) is 22.8 Å². The normalized spacial score (nSPS) is 41.6. The molecular weight excluding hydrogens is 400 g/mol. The second-order valence-corrected chi connectivity index (χ2v) is 14.0. The van der Waals surface area contributed by atoms with E-state index in [1.165, 1.54) is 51.4 Å². The van der Waals surface area contributed by atoms with E-state index in [9.17, 15) is 4.79 Å². The van der Waals surface area contributed by atoms with Gasteiger partial charge >= 0.3 is 0 Å². The summed E-state index contributed by atoms with van der Waals surface area (Å²) in [6, 6.07) is 0. The van der Waals surface area contributed by atoms with E-state index in [1.807, 2.05) is 11.1 Å². The van der Waals surface area contributed by atoms with Crippen LogP contribution in [-0.2, 0) is 4.79 Å². The molecule has 1 nitrogen and oxygen atoms in total. The van der Waals surface area contributed by atoms with Crippen LogP contribution in [-0.4, -0.2) is 5.78 Å². The second-order valence-electron chi connectivity index (χ2n) is 14.0. The van der Waals surface area contributed by atoms with Crippen LogP contribution in [0.2, 0.25) is 0 Å². The predicted octanol–water partition coefficient (Wildman–Crippen LogP) is 9.32. The van der Waals surface area contributed by atoms with Gasteiger partial charge in [0.2, 0.25) is 0 Å². The third-order valence-electron chi connectivity index (χ3n) is 12.2. The molecule has 4 rings (SSSR count). The molecule has 0 aromatic heterocycles. The molecule has 0 bridgehead atoms. The van der Waals surface area contributed by atoms with Crippen molar-refractivity contribution in [2.24, 2.45) is 45.3 Å². The summed E-state index contributed by atoms with van der Waals surface area (Å²) < 4.78 is 0. The highest BCUT2D eigenvalue weighted by Gasteiger charge is 2.63. The highest BCUT2D eigenvalue weighted by atomic mass is 16.1. The third-order valence-corrected chi connectivity index (χ3v) is 12.2. The van der Waals surface area contributed by atoms with E-state index < -0.39 is 0 Å². The molecule has 0 N–H and O–H groups in total. The van der Waals surface area contributed by atoms with Crippen molar-refractivity contribution in [1.82, 2.24) is 0 Å². The molecule has 1 heteroatoms. The Bertz CT molecular complexity index is 856. The first-order chi connectivity index (χ1) is 15.3. The maximum absolute atomic E-state index is 12.8. The first-order valence-corrected chi connectivity index (χ1v) is 14.2. The molecule has 0 heterocycles. The second kappa shape index (κ2) is 8.37. The highest BCUT2D eigenvalue weighted by molar-refractivity contribution is 5.85. The molecule has 0 saturated heterocycles. The number of carbonyl (C=O) groups is 1. The Balaban J connectivity index is 1.62. The zero-order valence-electron chi connectivity index (χ0n) is 23.4. The van der Waals surface area contributed by atoms with Crippen molar-refractivity contribution in [2.75, 3.05) is 0 Å². The third kappa shape index (κ3) is 3.57. The van der Waals surface area contributed by atoms with Gasteiger partial charge in [-0.15, -0.1) is 0 Å². The van der Waals surface area contributed by atoms with Crippen LogP contribution in [0.5, 0.6) is 0 Å². The summed E-state index contributed by atoms with van der Waals surface area (Å²) in [4.78, 5) is 12.8. The Morgan fingerprint density at radius 3 is 2.27 bits per heavy atom. The van der Waals surface area contributed by atoms with Crippen LogP contribution in [0.1, 0.15) is 127 Å². The van der Waals surface area contributed by atoms with E-state index in [1.54, 1.807) is 5.57 Å². The SMILES string of the molecule is CC=C(CCC(C)C1CCC2(C)C3=C(CCC12C)C1(C)CCC(=O)C(C)(C)C1CC3)C(C)C. The number of carbonyl (C=O) groups excluding carboxylic acids is 1. The van der Waals surface area contributed by atoms with Crippen LogP contribution in [0.4, 0.5) is 0 Å². The minimum atomic E-state index is -0.152. The lowest BCUT2D eigenvalue weighted by Gasteiger charge is -2.61. The van der Waals surface area contributed by atoms with Gasteiger partial charge in [-0.05, 0) is 105 Å². The maximum Gasteiger partial charge on any atom is 0.138 e. The molecule has 6 unspecified atom stereocenters. The van der Waals surface area contributed by atoms with Crippen molar-refractivity contribution in [1.29, 1.82) is 0 Å². The molecule has 186 valence electrons. The van der Waals surface area contributed by atoms with E-state index >= 15 is 0 Å². The number of allylic oxidation sites excluding steroid dienone is 4. The Hall–Kier alpha value is -0.850. The van der Waals surface area contributed by atoms with Gasteiger partial charge in [0.05, 0.1) is 0 Å². The fourth-order valence-corrected chi connectivity index (χ4v) is 9.80. The average molecular weight is 453 g/mol. The molecule has 0 amide bonds. The lowest BCUT2D eigenvalue weighted by atomic mass is 9.43. The van der Waals surface area contributed by atoms with Gasteiger partial charge in [0, 0.05) is 11.8 Å². The summed E-state index contributed by atoms with van der Waals surface area (Å²) in [5.74, 6) is 3.36. The lowest BCUT2D eigenvalue weighted by molar-refractivity contribution is -0.139. The van der Waals surface area contributed by atoms with Gasteiger partial charge in [0.1, 0.15) is 5.78 Å². The van der Waals surface area contributed by atoms with Gasteiger partial charge in [0.25, 0.3) is 0 Å². The molecule has 0 spiro atoms. The van der Waals surface area contributed by atoms with E-state index in [4.69, 9.17) is 0 Å². The molecule has 2 fully saturated rings. The highest BCUT2D eigenvalue weighted by Crippen LogP contribution is 2.72. The summed E-state index contributed by atoms with van der Waals surface area (Å²) in [6.07, 6.45) is 14.7. The molecule has 0 aromatic rings. The smallest absolute Gasteiger partial charge is 0.138 e. The van der Waals surface area contributed by atoms with Gasteiger partial charge < -0.3 is 0 Å². The van der Waals surface area contributed by atoms with Crippen molar-refractivity contribution in [3.8, 4) is 0 Å². The average Bonchev–Trinajstić information content (AvgIpc) is 3.03. The largest absolute Gasteiger partial charge is 0.299 e. The maximum atomic E-state index is 12.8. The number of ketones is 1. The molecule has 2 saturated carbocycles. The summed E-state index contributed by atoms with van der Waals surface area (Å²) in [6.45, 7) is 21.9. The number of Topliss-reactive ketones (excluding diaryl/α,β-unsaturated/α-hetero) is 1. The summed E-state index contributed by atoms with van der Waals surface area (Å²) in [5, 5.41) is 0. The van der Waals surface area contributed by atoms with Crippen molar-refractivity contribution >= 4 is 5.78 Å². The van der Waals surface area contributed by atoms with Crippen LogP contribution in [0.15, 0.2) is 22.8 Å². The Kier molecular flexibility index (Phi) is 6.41. The quantitative estimate of drug-likeness (QED) is 0.380. The van der Waals surface area contributed by atoms with Crippen molar-refractivity contribution in [2.45, 2.75) is 127 Å². The Morgan fingerprint density at radius 2 is 1.64 bits per heavy atom. The molecular formula is C32H52O. The van der Waals surface area contributed by atoms with E-state index in [2.05, 4.69) is 68.4 Å². The minimum Gasteiger partial charge on any atom is -0.299 e. The number of rotatable bonds is 5. The van der Waals surface area contributed by atoms with Gasteiger partial charge in [-0.2, -0.15) is 0 Å². The van der Waals surface area contributed by atoms with Crippen LogP contribution in [0, 0.1) is 45.3 Å². The summed E-state index contributed by atoms with van der Waals surface area (Å²) in [5.41, 5.74) is 6.19. The van der Waals surface area contributed by atoms with Gasteiger partial charge in [0.15, 0.2) is 0 Å². The zero-order valence-corrected chi connectivity index (χ0v) is 23.4.